The van der Waals surface area contributed by atoms with Gasteiger partial charge in [-0.1, -0.05) is 6.07 Å². The van der Waals surface area contributed by atoms with Crippen molar-refractivity contribution >= 4 is 5.91 Å². The number of aliphatic hydroxyl groups is 1. The van der Waals surface area contributed by atoms with E-state index in [2.05, 4.69) is 15.3 Å². The molecule has 0 saturated carbocycles. The minimum Gasteiger partial charge on any atom is -0.488 e. The molecule has 8 heteroatoms. The number of carbonyl (C=O) groups is 1. The van der Waals surface area contributed by atoms with Crippen LogP contribution in [0.3, 0.4) is 0 Å². The number of rotatable bonds is 6. The lowest BCUT2D eigenvalue weighted by atomic mass is 10.2. The van der Waals surface area contributed by atoms with E-state index in [-0.39, 0.29) is 36.9 Å². The summed E-state index contributed by atoms with van der Waals surface area (Å²) in [5.41, 5.74) is 0.802. The van der Waals surface area contributed by atoms with Crippen LogP contribution in [0.2, 0.25) is 0 Å². The predicted octanol–water partition coefficient (Wildman–Crippen LogP) is 1.10. The fourth-order valence-corrected chi connectivity index (χ4v) is 1.94. The van der Waals surface area contributed by atoms with Gasteiger partial charge >= 0.3 is 0 Å². The Balaban J connectivity index is 2.06. The van der Waals surface area contributed by atoms with Crippen molar-refractivity contribution in [1.29, 1.82) is 5.26 Å². The van der Waals surface area contributed by atoms with Crippen molar-refractivity contribution in [3.05, 3.63) is 52.9 Å². The van der Waals surface area contributed by atoms with Gasteiger partial charge in [0.25, 0.3) is 5.91 Å². The maximum Gasteiger partial charge on any atom is 0.270 e. The third-order valence-corrected chi connectivity index (χ3v) is 2.98. The number of hydrogen-bond acceptors (Lipinski definition) is 6. The first-order valence-electron chi connectivity index (χ1n) is 7.09. The highest BCUT2D eigenvalue weighted by Gasteiger charge is 2.11. The molecule has 124 valence electrons. The molecule has 2 N–H and O–H groups in total. The third kappa shape index (κ3) is 4.47. The highest BCUT2D eigenvalue weighted by molar-refractivity contribution is 5.92. The van der Waals surface area contributed by atoms with Crippen LogP contribution >= 0.6 is 0 Å². The van der Waals surface area contributed by atoms with Crippen LogP contribution < -0.4 is 10.1 Å². The standard InChI is InChI=1S/C16H15FN4O3/c1-10-20-12(8-18)7-14(21-10)16(23)19-9-11-2-3-13(17)15(6-11)24-5-4-22/h2-3,6-7,22H,4-5,9H2,1H3,(H,19,23). The van der Waals surface area contributed by atoms with Gasteiger partial charge in [-0.25, -0.2) is 14.4 Å². The molecule has 2 aromatic rings. The molecule has 0 unspecified atom stereocenters. The number of nitriles is 1. The molecule has 0 atom stereocenters. The Morgan fingerprint density at radius 1 is 1.42 bits per heavy atom. The smallest absolute Gasteiger partial charge is 0.270 e. The summed E-state index contributed by atoms with van der Waals surface area (Å²) in [4.78, 5) is 20.0. The van der Waals surface area contributed by atoms with Crippen LogP contribution in [0.5, 0.6) is 5.75 Å². The second-order valence-electron chi connectivity index (χ2n) is 4.82. The molecule has 1 aromatic carbocycles. The Kier molecular flexibility index (Phi) is 5.76. The zero-order chi connectivity index (χ0) is 17.5. The summed E-state index contributed by atoms with van der Waals surface area (Å²) in [5.74, 6) is -0.705. The van der Waals surface area contributed by atoms with E-state index in [9.17, 15) is 9.18 Å². The van der Waals surface area contributed by atoms with Crippen LogP contribution in [0.25, 0.3) is 0 Å². The number of nitrogens with zero attached hydrogens (tertiary/aromatic N) is 3. The summed E-state index contributed by atoms with van der Waals surface area (Å²) in [6.07, 6.45) is 0. The molecular formula is C16H15FN4O3. The predicted molar refractivity (Wildman–Crippen MR) is 81.6 cm³/mol. The van der Waals surface area contributed by atoms with Crippen LogP contribution in [0.1, 0.15) is 27.6 Å². The molecule has 0 aliphatic carbocycles. The lowest BCUT2D eigenvalue weighted by molar-refractivity contribution is 0.0945. The Morgan fingerprint density at radius 3 is 2.92 bits per heavy atom. The summed E-state index contributed by atoms with van der Waals surface area (Å²) in [6.45, 7) is 1.46. The summed E-state index contributed by atoms with van der Waals surface area (Å²) in [6, 6.07) is 7.32. The molecule has 1 heterocycles. The molecule has 0 aliphatic rings. The van der Waals surface area contributed by atoms with Crippen molar-refractivity contribution in [2.75, 3.05) is 13.2 Å². The number of aryl methyl sites for hydroxylation is 1. The summed E-state index contributed by atoms with van der Waals surface area (Å²) in [5, 5.41) is 20.2. The number of hydrogen-bond donors (Lipinski definition) is 2. The first kappa shape index (κ1) is 17.3. The molecule has 0 fully saturated rings. The highest BCUT2D eigenvalue weighted by atomic mass is 19.1. The Labute approximate surface area is 137 Å². The van der Waals surface area contributed by atoms with Crippen molar-refractivity contribution < 1.29 is 19.0 Å². The van der Waals surface area contributed by atoms with Crippen molar-refractivity contribution in [3.63, 3.8) is 0 Å². The number of halogens is 1. The van der Waals surface area contributed by atoms with E-state index in [0.29, 0.717) is 11.4 Å². The van der Waals surface area contributed by atoms with E-state index in [1.807, 2.05) is 6.07 Å². The van der Waals surface area contributed by atoms with Crippen molar-refractivity contribution in [1.82, 2.24) is 15.3 Å². The Morgan fingerprint density at radius 2 is 2.21 bits per heavy atom. The fraction of sp³-hybridized carbons (Fsp3) is 0.250. The zero-order valence-corrected chi connectivity index (χ0v) is 12.9. The molecule has 1 amide bonds. The maximum absolute atomic E-state index is 13.5. The number of aliphatic hydroxyl groups excluding tert-OH is 1. The van der Waals surface area contributed by atoms with E-state index >= 15 is 0 Å². The van der Waals surface area contributed by atoms with Gasteiger partial charge in [0.15, 0.2) is 11.6 Å². The lowest BCUT2D eigenvalue weighted by Crippen LogP contribution is -2.24. The fourth-order valence-electron chi connectivity index (χ4n) is 1.94. The van der Waals surface area contributed by atoms with Gasteiger partial charge in [0.2, 0.25) is 0 Å². The van der Waals surface area contributed by atoms with E-state index in [1.165, 1.54) is 24.3 Å². The lowest BCUT2D eigenvalue weighted by Gasteiger charge is -2.09. The van der Waals surface area contributed by atoms with Gasteiger partial charge < -0.3 is 15.2 Å². The van der Waals surface area contributed by atoms with Gasteiger partial charge in [-0.15, -0.1) is 0 Å². The summed E-state index contributed by atoms with van der Waals surface area (Å²) < 4.78 is 18.6. The quantitative estimate of drug-likeness (QED) is 0.821. The summed E-state index contributed by atoms with van der Waals surface area (Å²) in [7, 11) is 0. The number of ether oxygens (including phenoxy) is 1. The number of amides is 1. The molecular weight excluding hydrogens is 315 g/mol. The zero-order valence-electron chi connectivity index (χ0n) is 12.9. The van der Waals surface area contributed by atoms with Crippen molar-refractivity contribution in [2.24, 2.45) is 0 Å². The second kappa shape index (κ2) is 7.99. The number of benzene rings is 1. The first-order chi connectivity index (χ1) is 11.5. The average Bonchev–Trinajstić information content (AvgIpc) is 2.58. The largest absolute Gasteiger partial charge is 0.488 e. The molecule has 7 nitrogen and oxygen atoms in total. The number of aromatic nitrogens is 2. The minimum absolute atomic E-state index is 0.000413. The first-order valence-corrected chi connectivity index (χ1v) is 7.09. The molecule has 0 saturated heterocycles. The van der Waals surface area contributed by atoms with E-state index in [1.54, 1.807) is 6.92 Å². The molecule has 0 bridgehead atoms. The molecule has 24 heavy (non-hydrogen) atoms. The molecule has 0 spiro atoms. The maximum atomic E-state index is 13.5. The molecule has 1 aromatic heterocycles. The SMILES string of the molecule is Cc1nc(C#N)cc(C(=O)NCc2ccc(F)c(OCCO)c2)n1. The topological polar surface area (TPSA) is 108 Å². The number of carbonyl (C=O) groups excluding carboxylic acids is 1. The molecule has 0 aliphatic heterocycles. The van der Waals surface area contributed by atoms with Crippen molar-refractivity contribution in [3.8, 4) is 11.8 Å². The Bertz CT molecular complexity index is 789. The van der Waals surface area contributed by atoms with E-state index in [4.69, 9.17) is 15.1 Å². The van der Waals surface area contributed by atoms with E-state index in [0.717, 1.165) is 0 Å². The molecule has 0 radical (unpaired) electrons. The average molecular weight is 330 g/mol. The van der Waals surface area contributed by atoms with Gasteiger partial charge in [-0.3, -0.25) is 4.79 Å². The van der Waals surface area contributed by atoms with Gasteiger partial charge in [0.05, 0.1) is 6.61 Å². The van der Waals surface area contributed by atoms with E-state index < -0.39 is 11.7 Å². The Hall–Kier alpha value is -3.05. The highest BCUT2D eigenvalue weighted by Crippen LogP contribution is 2.18. The van der Waals surface area contributed by atoms with Crippen LogP contribution in [0.4, 0.5) is 4.39 Å². The van der Waals surface area contributed by atoms with Crippen LogP contribution in [0.15, 0.2) is 24.3 Å². The van der Waals surface area contributed by atoms with Crippen LogP contribution in [-0.2, 0) is 6.54 Å². The van der Waals surface area contributed by atoms with Crippen molar-refractivity contribution in [2.45, 2.75) is 13.5 Å². The van der Waals surface area contributed by atoms with Gasteiger partial charge in [0.1, 0.15) is 29.9 Å². The van der Waals surface area contributed by atoms with Crippen LogP contribution in [0, 0.1) is 24.1 Å². The van der Waals surface area contributed by atoms with Crippen LogP contribution in [-0.4, -0.2) is 34.2 Å². The van der Waals surface area contributed by atoms with Gasteiger partial charge in [-0.2, -0.15) is 5.26 Å². The van der Waals surface area contributed by atoms with Gasteiger partial charge in [-0.05, 0) is 24.6 Å². The van der Waals surface area contributed by atoms with Gasteiger partial charge in [0, 0.05) is 12.6 Å². The number of nitrogens with one attached hydrogen (secondary N) is 1. The second-order valence-corrected chi connectivity index (χ2v) is 4.82. The summed E-state index contributed by atoms with van der Waals surface area (Å²) >= 11 is 0. The normalized spacial score (nSPS) is 10.1. The monoisotopic (exact) mass is 330 g/mol. The molecule has 2 rings (SSSR count). The third-order valence-electron chi connectivity index (χ3n) is 2.98. The minimum atomic E-state index is -0.552.